The lowest BCUT2D eigenvalue weighted by atomic mass is 9.80. The van der Waals surface area contributed by atoms with Crippen molar-refractivity contribution >= 4 is 28.4 Å². The first kappa shape index (κ1) is 20.0. The average molecular weight is 421 g/mol. The van der Waals surface area contributed by atoms with Crippen LogP contribution in [0.3, 0.4) is 0 Å². The number of carbonyl (C=O) groups is 1. The number of rotatable bonds is 4. The number of H-pyrrole nitrogens is 1. The second kappa shape index (κ2) is 8.28. The van der Waals surface area contributed by atoms with Crippen molar-refractivity contribution in [3.8, 4) is 11.3 Å². The van der Waals surface area contributed by atoms with Crippen molar-refractivity contribution in [1.82, 2.24) is 20.3 Å². The second-order valence-corrected chi connectivity index (χ2v) is 8.58. The fraction of sp³-hybridized carbons (Fsp3) is 0.435. The molecule has 4 heterocycles. The molecule has 2 fully saturated rings. The topological polar surface area (TPSA) is 95.2 Å². The van der Waals surface area contributed by atoms with Crippen LogP contribution in [0, 0.1) is 5.41 Å². The Balaban J connectivity index is 1.35. The van der Waals surface area contributed by atoms with Crippen LogP contribution in [0.15, 0.2) is 36.7 Å². The fourth-order valence-corrected chi connectivity index (χ4v) is 4.33. The molecule has 2 aliphatic rings. The molecule has 8 nitrogen and oxygen atoms in total. The SMILES string of the molecule is CC1(C(=O)Nc2ccc(-c3cc4c(N5CCOCC5)ncnc4[nH]3)cc2)CCNCC1. The zero-order valence-electron chi connectivity index (χ0n) is 17.8. The Morgan fingerprint density at radius 2 is 1.87 bits per heavy atom. The molecule has 2 aliphatic heterocycles. The van der Waals surface area contributed by atoms with Gasteiger partial charge in [0.1, 0.15) is 17.8 Å². The Hall–Kier alpha value is -2.97. The molecule has 1 aromatic carbocycles. The van der Waals surface area contributed by atoms with Gasteiger partial charge in [-0.15, -0.1) is 0 Å². The van der Waals surface area contributed by atoms with Crippen molar-refractivity contribution in [2.75, 3.05) is 49.6 Å². The number of ether oxygens (including phenoxy) is 1. The van der Waals surface area contributed by atoms with E-state index in [4.69, 9.17) is 4.74 Å². The number of hydrogen-bond donors (Lipinski definition) is 3. The number of anilines is 2. The predicted octanol–water partition coefficient (Wildman–Crippen LogP) is 2.79. The summed E-state index contributed by atoms with van der Waals surface area (Å²) in [5.41, 5.74) is 3.35. The molecule has 8 heteroatoms. The van der Waals surface area contributed by atoms with Crippen molar-refractivity contribution in [1.29, 1.82) is 0 Å². The van der Waals surface area contributed by atoms with Crippen molar-refractivity contribution < 1.29 is 9.53 Å². The standard InChI is InChI=1S/C23H28N6O2/c1-23(6-8-24-9-7-23)22(30)27-17-4-2-16(3-5-17)19-14-18-20(28-19)25-15-26-21(18)29-10-12-31-13-11-29/h2-5,14-15,24H,6-13H2,1H3,(H,27,30)(H,25,26,28). The molecule has 0 unspecified atom stereocenters. The molecule has 31 heavy (non-hydrogen) atoms. The van der Waals surface area contributed by atoms with Crippen molar-refractivity contribution in [3.05, 3.63) is 36.7 Å². The molecule has 2 aromatic heterocycles. The summed E-state index contributed by atoms with van der Waals surface area (Å²) in [6.07, 6.45) is 3.32. The van der Waals surface area contributed by atoms with E-state index in [1.807, 2.05) is 24.3 Å². The van der Waals surface area contributed by atoms with Gasteiger partial charge in [-0.2, -0.15) is 0 Å². The largest absolute Gasteiger partial charge is 0.378 e. The normalized spacial score (nSPS) is 18.8. The van der Waals surface area contributed by atoms with Gasteiger partial charge in [-0.1, -0.05) is 19.1 Å². The highest BCUT2D eigenvalue weighted by atomic mass is 16.5. The minimum absolute atomic E-state index is 0.0952. The zero-order valence-corrected chi connectivity index (χ0v) is 17.8. The van der Waals surface area contributed by atoms with E-state index in [-0.39, 0.29) is 11.3 Å². The van der Waals surface area contributed by atoms with Gasteiger partial charge in [0.15, 0.2) is 0 Å². The Morgan fingerprint density at radius 1 is 1.13 bits per heavy atom. The van der Waals surface area contributed by atoms with Gasteiger partial charge in [0.2, 0.25) is 5.91 Å². The number of benzene rings is 1. The molecule has 2 saturated heterocycles. The van der Waals surface area contributed by atoms with E-state index in [0.29, 0.717) is 13.2 Å². The van der Waals surface area contributed by atoms with Crippen molar-refractivity contribution in [2.45, 2.75) is 19.8 Å². The monoisotopic (exact) mass is 420 g/mol. The van der Waals surface area contributed by atoms with Gasteiger partial charge >= 0.3 is 0 Å². The smallest absolute Gasteiger partial charge is 0.230 e. The Bertz CT molecular complexity index is 1070. The number of fused-ring (bicyclic) bond motifs is 1. The molecule has 0 spiro atoms. The number of piperidine rings is 1. The lowest BCUT2D eigenvalue weighted by Gasteiger charge is -2.32. The van der Waals surface area contributed by atoms with Gasteiger partial charge in [0, 0.05) is 29.9 Å². The number of aromatic amines is 1. The van der Waals surface area contributed by atoms with Gasteiger partial charge in [0.25, 0.3) is 0 Å². The molecule has 0 saturated carbocycles. The van der Waals surface area contributed by atoms with E-state index in [0.717, 1.165) is 72.8 Å². The number of amides is 1. The minimum Gasteiger partial charge on any atom is -0.378 e. The van der Waals surface area contributed by atoms with E-state index in [1.54, 1.807) is 6.33 Å². The maximum absolute atomic E-state index is 12.8. The summed E-state index contributed by atoms with van der Waals surface area (Å²) in [5.74, 6) is 1.03. The average Bonchev–Trinajstić information content (AvgIpc) is 3.25. The first-order chi connectivity index (χ1) is 15.1. The minimum atomic E-state index is -0.310. The van der Waals surface area contributed by atoms with Crippen molar-refractivity contribution in [3.63, 3.8) is 0 Å². The quantitative estimate of drug-likeness (QED) is 0.601. The number of nitrogens with zero attached hydrogens (tertiary/aromatic N) is 3. The van der Waals surface area contributed by atoms with Crippen LogP contribution in [0.2, 0.25) is 0 Å². The highest BCUT2D eigenvalue weighted by Crippen LogP contribution is 2.31. The number of hydrogen-bond acceptors (Lipinski definition) is 6. The number of carbonyl (C=O) groups excluding carboxylic acids is 1. The maximum atomic E-state index is 12.8. The molecule has 1 amide bonds. The molecule has 162 valence electrons. The van der Waals surface area contributed by atoms with Crippen molar-refractivity contribution in [2.24, 2.45) is 5.41 Å². The molecule has 3 aromatic rings. The molecular weight excluding hydrogens is 392 g/mol. The van der Waals surface area contributed by atoms with Gasteiger partial charge in [-0.25, -0.2) is 9.97 Å². The number of morpholine rings is 1. The molecule has 0 atom stereocenters. The summed E-state index contributed by atoms with van der Waals surface area (Å²) < 4.78 is 5.47. The molecule has 5 rings (SSSR count). The lowest BCUT2D eigenvalue weighted by molar-refractivity contribution is -0.126. The van der Waals surface area contributed by atoms with Crippen LogP contribution in [0.5, 0.6) is 0 Å². The second-order valence-electron chi connectivity index (χ2n) is 8.58. The lowest BCUT2D eigenvalue weighted by Crippen LogP contribution is -2.42. The van der Waals surface area contributed by atoms with E-state index in [9.17, 15) is 4.79 Å². The van der Waals surface area contributed by atoms with Crippen LogP contribution in [-0.2, 0) is 9.53 Å². The highest BCUT2D eigenvalue weighted by Gasteiger charge is 2.34. The molecule has 0 aliphatic carbocycles. The summed E-state index contributed by atoms with van der Waals surface area (Å²) in [4.78, 5) is 27.4. The van der Waals surface area contributed by atoms with Gasteiger partial charge in [-0.3, -0.25) is 4.79 Å². The van der Waals surface area contributed by atoms with Crippen LogP contribution >= 0.6 is 0 Å². The maximum Gasteiger partial charge on any atom is 0.230 e. The van der Waals surface area contributed by atoms with Gasteiger partial charge < -0.3 is 25.3 Å². The predicted molar refractivity (Wildman–Crippen MR) is 121 cm³/mol. The summed E-state index contributed by atoms with van der Waals surface area (Å²) in [6, 6.07) is 10.1. The first-order valence-electron chi connectivity index (χ1n) is 10.9. The Labute approximate surface area is 181 Å². The van der Waals surface area contributed by atoms with Crippen LogP contribution in [0.4, 0.5) is 11.5 Å². The summed E-state index contributed by atoms with van der Waals surface area (Å²) in [7, 11) is 0. The number of aromatic nitrogens is 3. The molecule has 0 bridgehead atoms. The Kier molecular flexibility index (Phi) is 5.33. The first-order valence-corrected chi connectivity index (χ1v) is 10.9. The summed E-state index contributed by atoms with van der Waals surface area (Å²) >= 11 is 0. The van der Waals surface area contributed by atoms with Crippen LogP contribution in [-0.4, -0.2) is 60.3 Å². The molecular formula is C23H28N6O2. The van der Waals surface area contributed by atoms with Gasteiger partial charge in [0.05, 0.1) is 18.6 Å². The van der Waals surface area contributed by atoms with Crippen LogP contribution in [0.25, 0.3) is 22.3 Å². The third-order valence-electron chi connectivity index (χ3n) is 6.42. The van der Waals surface area contributed by atoms with E-state index < -0.39 is 0 Å². The third kappa shape index (κ3) is 4.00. The highest BCUT2D eigenvalue weighted by molar-refractivity contribution is 5.96. The van der Waals surface area contributed by atoms with Crippen LogP contribution < -0.4 is 15.5 Å². The number of nitrogens with one attached hydrogen (secondary N) is 3. The fourth-order valence-electron chi connectivity index (χ4n) is 4.33. The van der Waals surface area contributed by atoms with E-state index in [2.05, 4.69) is 43.5 Å². The van der Waals surface area contributed by atoms with E-state index in [1.165, 1.54) is 0 Å². The molecule has 3 N–H and O–H groups in total. The van der Waals surface area contributed by atoms with Crippen LogP contribution in [0.1, 0.15) is 19.8 Å². The van der Waals surface area contributed by atoms with E-state index >= 15 is 0 Å². The van der Waals surface area contributed by atoms with Gasteiger partial charge in [-0.05, 0) is 49.7 Å². The Morgan fingerprint density at radius 3 is 2.61 bits per heavy atom. The zero-order chi connectivity index (χ0) is 21.3. The molecule has 0 radical (unpaired) electrons. The third-order valence-corrected chi connectivity index (χ3v) is 6.42. The summed E-state index contributed by atoms with van der Waals surface area (Å²) in [6.45, 7) is 6.91. The summed E-state index contributed by atoms with van der Waals surface area (Å²) in [5, 5.41) is 7.42.